The van der Waals surface area contributed by atoms with E-state index in [1.165, 1.54) is 5.56 Å². The number of nitrogens with one attached hydrogen (secondary N) is 2. The van der Waals surface area contributed by atoms with E-state index in [9.17, 15) is 9.59 Å². The number of amides is 2. The van der Waals surface area contributed by atoms with Gasteiger partial charge in [0.2, 0.25) is 11.8 Å². The fourth-order valence-electron chi connectivity index (χ4n) is 2.39. The van der Waals surface area contributed by atoms with Gasteiger partial charge in [0.15, 0.2) is 0 Å². The van der Waals surface area contributed by atoms with E-state index in [2.05, 4.69) is 22.8 Å². The summed E-state index contributed by atoms with van der Waals surface area (Å²) in [6.45, 7) is 0.425. The summed E-state index contributed by atoms with van der Waals surface area (Å²) >= 11 is 5.81. The van der Waals surface area contributed by atoms with Crippen LogP contribution in [-0.2, 0) is 22.6 Å². The number of benzene rings is 2. The first-order valence-corrected chi connectivity index (χ1v) is 8.83. The van der Waals surface area contributed by atoms with Crippen LogP contribution in [0.1, 0.15) is 30.4 Å². The molecule has 0 bridgehead atoms. The average molecular weight is 359 g/mol. The maximum Gasteiger partial charge on any atom is 0.239 e. The Morgan fingerprint density at radius 3 is 2.24 bits per heavy atom. The Morgan fingerprint density at radius 2 is 1.52 bits per heavy atom. The molecule has 4 nitrogen and oxygen atoms in total. The van der Waals surface area contributed by atoms with Gasteiger partial charge in [0.1, 0.15) is 0 Å². The van der Waals surface area contributed by atoms with Crippen LogP contribution >= 0.6 is 11.6 Å². The second-order valence-corrected chi connectivity index (χ2v) is 6.31. The van der Waals surface area contributed by atoms with Gasteiger partial charge >= 0.3 is 0 Å². The number of carbonyl (C=O) groups excluding carboxylic acids is 2. The highest BCUT2D eigenvalue weighted by Crippen LogP contribution is 2.09. The van der Waals surface area contributed by atoms with Crippen molar-refractivity contribution in [1.29, 1.82) is 0 Å². The molecule has 0 saturated carbocycles. The molecule has 0 aliphatic rings. The van der Waals surface area contributed by atoms with Crippen LogP contribution < -0.4 is 10.6 Å². The second kappa shape index (κ2) is 10.5. The summed E-state index contributed by atoms with van der Waals surface area (Å²) in [6, 6.07) is 17.5. The Balaban J connectivity index is 1.54. The molecule has 0 saturated heterocycles. The lowest BCUT2D eigenvalue weighted by molar-refractivity contribution is -0.126. The number of hydrogen-bond acceptors (Lipinski definition) is 2. The summed E-state index contributed by atoms with van der Waals surface area (Å²) in [4.78, 5) is 23.5. The molecule has 0 fully saturated rings. The third-order valence-corrected chi connectivity index (χ3v) is 4.06. The van der Waals surface area contributed by atoms with Crippen LogP contribution in [0.25, 0.3) is 0 Å². The molecular formula is C20H23ClN2O2. The smallest absolute Gasteiger partial charge is 0.239 e. The zero-order valence-electron chi connectivity index (χ0n) is 14.1. The van der Waals surface area contributed by atoms with Gasteiger partial charge in [-0.25, -0.2) is 0 Å². The lowest BCUT2D eigenvalue weighted by Gasteiger charge is -2.07. The summed E-state index contributed by atoms with van der Waals surface area (Å²) in [7, 11) is 0. The number of halogens is 1. The molecule has 0 aliphatic carbocycles. The number of hydrogen-bond donors (Lipinski definition) is 2. The molecule has 2 aromatic rings. The molecule has 0 unspecified atom stereocenters. The van der Waals surface area contributed by atoms with Crippen molar-refractivity contribution in [1.82, 2.24) is 10.6 Å². The van der Waals surface area contributed by atoms with Gasteiger partial charge < -0.3 is 10.6 Å². The molecule has 2 aromatic carbocycles. The van der Waals surface area contributed by atoms with Crippen LogP contribution in [0.4, 0.5) is 0 Å². The summed E-state index contributed by atoms with van der Waals surface area (Å²) < 4.78 is 0. The van der Waals surface area contributed by atoms with Crippen LogP contribution in [0.3, 0.4) is 0 Å². The highest BCUT2D eigenvalue weighted by molar-refractivity contribution is 6.30. The average Bonchev–Trinajstić information content (AvgIpc) is 2.64. The zero-order chi connectivity index (χ0) is 17.9. The Labute approximate surface area is 153 Å². The van der Waals surface area contributed by atoms with Crippen molar-refractivity contribution in [2.45, 2.75) is 32.2 Å². The summed E-state index contributed by atoms with van der Waals surface area (Å²) in [5, 5.41) is 6.08. The molecular weight excluding hydrogens is 336 g/mol. The topological polar surface area (TPSA) is 58.2 Å². The van der Waals surface area contributed by atoms with Gasteiger partial charge in [0.05, 0.1) is 6.54 Å². The molecule has 5 heteroatoms. The van der Waals surface area contributed by atoms with E-state index in [0.29, 0.717) is 18.0 Å². The monoisotopic (exact) mass is 358 g/mol. The molecule has 0 heterocycles. The van der Waals surface area contributed by atoms with Crippen molar-refractivity contribution in [3.63, 3.8) is 0 Å². The largest absolute Gasteiger partial charge is 0.350 e. The highest BCUT2D eigenvalue weighted by atomic mass is 35.5. The normalized spacial score (nSPS) is 10.3. The fourth-order valence-corrected chi connectivity index (χ4v) is 2.52. The summed E-state index contributed by atoms with van der Waals surface area (Å²) in [6.07, 6.45) is 3.18. The first-order chi connectivity index (χ1) is 12.1. The van der Waals surface area contributed by atoms with Crippen molar-refractivity contribution in [2.24, 2.45) is 0 Å². The third kappa shape index (κ3) is 7.86. The summed E-state index contributed by atoms with van der Waals surface area (Å²) in [5.41, 5.74) is 2.24. The standard InChI is InChI=1S/C20H23ClN2O2/c21-18-12-10-17(11-13-18)14-22-20(25)15-23-19(24)9-5-4-8-16-6-2-1-3-7-16/h1-3,6-7,10-13H,4-5,8-9,14-15H2,(H,22,25)(H,23,24). The van der Waals surface area contributed by atoms with Gasteiger partial charge in [-0.05, 0) is 42.5 Å². The van der Waals surface area contributed by atoms with Crippen LogP contribution in [0.5, 0.6) is 0 Å². The predicted molar refractivity (Wildman–Crippen MR) is 100 cm³/mol. The Morgan fingerprint density at radius 1 is 0.800 bits per heavy atom. The number of unbranched alkanes of at least 4 members (excludes halogenated alkanes) is 1. The van der Waals surface area contributed by atoms with Crippen LogP contribution in [0, 0.1) is 0 Å². The molecule has 0 atom stereocenters. The van der Waals surface area contributed by atoms with E-state index in [-0.39, 0.29) is 18.4 Å². The van der Waals surface area contributed by atoms with Gasteiger partial charge in [-0.2, -0.15) is 0 Å². The Kier molecular flexibility index (Phi) is 7.99. The first-order valence-electron chi connectivity index (χ1n) is 8.45. The lowest BCUT2D eigenvalue weighted by atomic mass is 10.1. The van der Waals surface area contributed by atoms with Gasteiger partial charge in [-0.15, -0.1) is 0 Å². The molecule has 0 spiro atoms. The predicted octanol–water partition coefficient (Wildman–Crippen LogP) is 3.49. The number of aryl methyl sites for hydroxylation is 1. The maximum absolute atomic E-state index is 11.8. The van der Waals surface area contributed by atoms with E-state index in [1.807, 2.05) is 30.3 Å². The summed E-state index contributed by atoms with van der Waals surface area (Å²) in [5.74, 6) is -0.290. The van der Waals surface area contributed by atoms with Gasteiger partial charge in [-0.3, -0.25) is 9.59 Å². The Bertz CT molecular complexity index is 672. The van der Waals surface area contributed by atoms with E-state index < -0.39 is 0 Å². The minimum atomic E-state index is -0.201. The molecule has 2 N–H and O–H groups in total. The molecule has 0 radical (unpaired) electrons. The molecule has 25 heavy (non-hydrogen) atoms. The zero-order valence-corrected chi connectivity index (χ0v) is 14.9. The van der Waals surface area contributed by atoms with Crippen molar-refractivity contribution < 1.29 is 9.59 Å². The maximum atomic E-state index is 11.8. The van der Waals surface area contributed by atoms with E-state index in [1.54, 1.807) is 12.1 Å². The minimum Gasteiger partial charge on any atom is -0.350 e. The molecule has 0 aromatic heterocycles. The van der Waals surface area contributed by atoms with Crippen molar-refractivity contribution >= 4 is 23.4 Å². The number of carbonyl (C=O) groups is 2. The molecule has 0 aliphatic heterocycles. The van der Waals surface area contributed by atoms with Crippen LogP contribution in [0.2, 0.25) is 5.02 Å². The first kappa shape index (κ1) is 19.0. The van der Waals surface area contributed by atoms with E-state index in [0.717, 1.165) is 24.8 Å². The highest BCUT2D eigenvalue weighted by Gasteiger charge is 2.05. The molecule has 2 rings (SSSR count). The van der Waals surface area contributed by atoms with Crippen molar-refractivity contribution in [3.8, 4) is 0 Å². The van der Waals surface area contributed by atoms with Gasteiger partial charge in [0.25, 0.3) is 0 Å². The van der Waals surface area contributed by atoms with Crippen molar-refractivity contribution in [2.75, 3.05) is 6.54 Å². The second-order valence-electron chi connectivity index (χ2n) is 5.87. The van der Waals surface area contributed by atoms with E-state index in [4.69, 9.17) is 11.6 Å². The quantitative estimate of drug-likeness (QED) is 0.674. The minimum absolute atomic E-state index is 0.00507. The third-order valence-electron chi connectivity index (χ3n) is 3.81. The van der Waals surface area contributed by atoms with Crippen LogP contribution in [0.15, 0.2) is 54.6 Å². The van der Waals surface area contributed by atoms with Gasteiger partial charge in [-0.1, -0.05) is 54.1 Å². The SMILES string of the molecule is O=C(CCCCc1ccccc1)NCC(=O)NCc1ccc(Cl)cc1. The Hall–Kier alpha value is -2.33. The van der Waals surface area contributed by atoms with Crippen molar-refractivity contribution in [3.05, 3.63) is 70.7 Å². The lowest BCUT2D eigenvalue weighted by Crippen LogP contribution is -2.36. The molecule has 2 amide bonds. The van der Waals surface area contributed by atoms with E-state index >= 15 is 0 Å². The fraction of sp³-hybridized carbons (Fsp3) is 0.300. The molecule has 132 valence electrons. The van der Waals surface area contributed by atoms with Gasteiger partial charge in [0, 0.05) is 18.0 Å². The number of rotatable bonds is 9. The van der Waals surface area contributed by atoms with Crippen LogP contribution in [-0.4, -0.2) is 18.4 Å².